The molecule has 0 heterocycles. The molecule has 0 radical (unpaired) electrons. The van der Waals surface area contributed by atoms with Gasteiger partial charge in [0.25, 0.3) is 0 Å². The number of phenols is 2. The lowest BCUT2D eigenvalue weighted by molar-refractivity contribution is 0.282. The van der Waals surface area contributed by atoms with Gasteiger partial charge >= 0.3 is 0 Å². The molecule has 7 nitrogen and oxygen atoms in total. The molecule has 0 atom stereocenters. The number of phenolic OH excluding ortho intramolecular Hbond substituents is 2. The maximum atomic E-state index is 13.6. The number of ether oxygens (including phenoxy) is 1. The third-order valence-corrected chi connectivity index (χ3v) is 8.32. The SMILES string of the molecule is CCCCCc1c(O)c2c(=O)cc(CO)c3c4c(CO)cc(=O)c5c(O)c(OC)c6c(c(c1CC(C)=C6)c23)c54. The van der Waals surface area contributed by atoms with Crippen LogP contribution in [0.3, 0.4) is 0 Å². The van der Waals surface area contributed by atoms with E-state index in [1.165, 1.54) is 19.2 Å². The van der Waals surface area contributed by atoms with Crippen LogP contribution in [0.5, 0.6) is 17.2 Å². The molecule has 200 valence electrons. The maximum Gasteiger partial charge on any atom is 0.190 e. The van der Waals surface area contributed by atoms with Gasteiger partial charge in [0, 0.05) is 21.7 Å². The van der Waals surface area contributed by atoms with Gasteiger partial charge in [0.1, 0.15) is 5.75 Å². The van der Waals surface area contributed by atoms with Crippen molar-refractivity contribution in [3.8, 4) is 17.2 Å². The fraction of sp³-hybridized carbons (Fsp3) is 0.312. The van der Waals surface area contributed by atoms with Gasteiger partial charge in [0.2, 0.25) is 0 Å². The Balaban J connectivity index is 2.07. The number of aliphatic hydroxyl groups excluding tert-OH is 2. The van der Waals surface area contributed by atoms with Crippen LogP contribution >= 0.6 is 0 Å². The molecule has 39 heavy (non-hydrogen) atoms. The third kappa shape index (κ3) is 3.30. The normalized spacial score (nSPS) is 13.3. The van der Waals surface area contributed by atoms with Crippen LogP contribution < -0.4 is 15.6 Å². The number of fused-ring (bicyclic) bond motifs is 1. The Kier molecular flexibility index (Phi) is 5.90. The smallest absolute Gasteiger partial charge is 0.190 e. The summed E-state index contributed by atoms with van der Waals surface area (Å²) in [7, 11) is 1.44. The molecule has 0 fully saturated rings. The number of benzene rings is 5. The number of rotatable bonds is 7. The summed E-state index contributed by atoms with van der Waals surface area (Å²) >= 11 is 0. The molecule has 5 aromatic carbocycles. The monoisotopic (exact) mass is 526 g/mol. The van der Waals surface area contributed by atoms with Crippen LogP contribution in [0.25, 0.3) is 49.2 Å². The first-order valence-corrected chi connectivity index (χ1v) is 13.3. The molecular weight excluding hydrogens is 496 g/mol. The van der Waals surface area contributed by atoms with Crippen LogP contribution in [-0.4, -0.2) is 27.5 Å². The van der Waals surface area contributed by atoms with Crippen molar-refractivity contribution in [1.82, 2.24) is 0 Å². The highest BCUT2D eigenvalue weighted by Gasteiger charge is 2.32. The molecule has 6 rings (SSSR count). The zero-order valence-electron chi connectivity index (χ0n) is 22.2. The van der Waals surface area contributed by atoms with E-state index in [0.717, 1.165) is 30.4 Å². The van der Waals surface area contributed by atoms with Crippen LogP contribution in [0.1, 0.15) is 60.9 Å². The second-order valence-electron chi connectivity index (χ2n) is 10.6. The highest BCUT2D eigenvalue weighted by atomic mass is 16.5. The predicted octanol–water partition coefficient (Wildman–Crippen LogP) is 4.99. The van der Waals surface area contributed by atoms with Crippen LogP contribution in [-0.2, 0) is 26.1 Å². The molecule has 4 N–H and O–H groups in total. The van der Waals surface area contributed by atoms with Gasteiger partial charge in [-0.05, 0) is 76.7 Å². The zero-order valence-corrected chi connectivity index (χ0v) is 22.2. The van der Waals surface area contributed by atoms with Crippen molar-refractivity contribution in [3.05, 3.63) is 66.0 Å². The first-order valence-electron chi connectivity index (χ1n) is 13.3. The summed E-state index contributed by atoms with van der Waals surface area (Å²) in [5, 5.41) is 47.3. The molecule has 0 unspecified atom stereocenters. The standard InChI is InChI=1S/C32H30O7/c1-4-5-6-7-17-18-8-14(2)9-19-25-24(18)28-22(15(12-33)10-20(35)26(28)30(17)37)23-16(13-34)11-21(36)27(29(23)25)31(38)32(19)39-3/h9-11,33-34,37-38H,4-8,12-13H2,1-3H3. The maximum absolute atomic E-state index is 13.6. The molecule has 1 aliphatic rings. The molecule has 0 bridgehead atoms. The fourth-order valence-corrected chi connectivity index (χ4v) is 6.77. The number of aromatic hydroxyl groups is 2. The molecule has 0 aliphatic heterocycles. The minimum atomic E-state index is -0.467. The Labute approximate surface area is 223 Å². The number of unbranched alkanes of at least 4 members (excludes halogenated alkanes) is 2. The van der Waals surface area contributed by atoms with Crippen molar-refractivity contribution in [2.75, 3.05) is 7.11 Å². The third-order valence-electron chi connectivity index (χ3n) is 8.32. The zero-order chi connectivity index (χ0) is 27.7. The van der Waals surface area contributed by atoms with Gasteiger partial charge in [0.15, 0.2) is 22.4 Å². The van der Waals surface area contributed by atoms with Gasteiger partial charge in [-0.3, -0.25) is 9.59 Å². The molecule has 7 heteroatoms. The van der Waals surface area contributed by atoms with Crippen LogP contribution in [0.4, 0.5) is 0 Å². The summed E-state index contributed by atoms with van der Waals surface area (Å²) in [6.45, 7) is 3.14. The van der Waals surface area contributed by atoms with Crippen LogP contribution in [0, 0.1) is 0 Å². The lowest BCUT2D eigenvalue weighted by atomic mass is 9.80. The van der Waals surface area contributed by atoms with Gasteiger partial charge in [-0.2, -0.15) is 0 Å². The van der Waals surface area contributed by atoms with Gasteiger partial charge in [-0.15, -0.1) is 0 Å². The molecule has 0 aromatic heterocycles. The number of hydrogen-bond acceptors (Lipinski definition) is 7. The van der Waals surface area contributed by atoms with Crippen molar-refractivity contribution >= 4 is 49.2 Å². The number of methoxy groups -OCH3 is 1. The lowest BCUT2D eigenvalue weighted by Crippen LogP contribution is -2.11. The topological polar surface area (TPSA) is 124 Å². The molecule has 0 saturated carbocycles. The summed E-state index contributed by atoms with van der Waals surface area (Å²) in [5.41, 5.74) is 2.88. The number of hydrogen-bond donors (Lipinski definition) is 4. The summed E-state index contributed by atoms with van der Waals surface area (Å²) in [4.78, 5) is 27.0. The van der Waals surface area contributed by atoms with Crippen LogP contribution in [0.2, 0.25) is 0 Å². The van der Waals surface area contributed by atoms with Crippen LogP contribution in [0.15, 0.2) is 27.3 Å². The summed E-state index contributed by atoms with van der Waals surface area (Å²) < 4.78 is 5.68. The van der Waals surface area contributed by atoms with E-state index < -0.39 is 24.1 Å². The minimum absolute atomic E-state index is 0.0525. The number of aliphatic hydroxyl groups is 2. The van der Waals surface area contributed by atoms with E-state index in [2.05, 4.69) is 6.92 Å². The van der Waals surface area contributed by atoms with E-state index in [-0.39, 0.29) is 28.0 Å². The van der Waals surface area contributed by atoms with E-state index in [4.69, 9.17) is 4.74 Å². The Morgan fingerprint density at radius 3 is 1.95 bits per heavy atom. The predicted molar refractivity (Wildman–Crippen MR) is 154 cm³/mol. The van der Waals surface area contributed by atoms with Crippen molar-refractivity contribution in [3.63, 3.8) is 0 Å². The van der Waals surface area contributed by atoms with Crippen molar-refractivity contribution in [1.29, 1.82) is 0 Å². The van der Waals surface area contributed by atoms with Gasteiger partial charge in [-0.1, -0.05) is 31.4 Å². The van der Waals surface area contributed by atoms with Gasteiger partial charge in [0.05, 0.1) is 31.1 Å². The summed E-state index contributed by atoms with van der Waals surface area (Å²) in [6.07, 6.45) is 5.77. The highest BCUT2D eigenvalue weighted by molar-refractivity contribution is 6.38. The molecule has 5 aromatic rings. The summed E-state index contributed by atoms with van der Waals surface area (Å²) in [6, 6.07) is 2.61. The van der Waals surface area contributed by atoms with Crippen molar-refractivity contribution < 1.29 is 25.2 Å². The van der Waals surface area contributed by atoms with E-state index >= 15 is 0 Å². The Bertz CT molecular complexity index is 1970. The average molecular weight is 527 g/mol. The molecular formula is C32H30O7. The molecule has 0 amide bonds. The Morgan fingerprint density at radius 2 is 1.38 bits per heavy atom. The first kappa shape index (κ1) is 25.3. The average Bonchev–Trinajstić information content (AvgIpc) is 3.06. The fourth-order valence-electron chi connectivity index (χ4n) is 6.77. The minimum Gasteiger partial charge on any atom is -0.507 e. The van der Waals surface area contributed by atoms with E-state index in [9.17, 15) is 30.0 Å². The lowest BCUT2D eigenvalue weighted by Gasteiger charge is -2.24. The Morgan fingerprint density at radius 1 is 0.795 bits per heavy atom. The van der Waals surface area contributed by atoms with E-state index in [0.29, 0.717) is 67.4 Å². The second kappa shape index (κ2) is 9.07. The van der Waals surface area contributed by atoms with E-state index in [1.54, 1.807) is 0 Å². The first-order chi connectivity index (χ1) is 18.8. The quantitative estimate of drug-likeness (QED) is 0.134. The second-order valence-corrected chi connectivity index (χ2v) is 10.6. The van der Waals surface area contributed by atoms with Gasteiger partial charge < -0.3 is 25.2 Å². The summed E-state index contributed by atoms with van der Waals surface area (Å²) in [5.74, 6) is -0.187. The molecule has 0 saturated heterocycles. The molecule has 0 spiro atoms. The highest BCUT2D eigenvalue weighted by Crippen LogP contribution is 2.53. The van der Waals surface area contributed by atoms with E-state index in [1.807, 2.05) is 13.0 Å². The number of allylic oxidation sites excluding steroid dienone is 1. The molecule has 1 aliphatic carbocycles. The Hall–Kier alpha value is -3.94. The largest absolute Gasteiger partial charge is 0.507 e. The van der Waals surface area contributed by atoms with Gasteiger partial charge in [-0.25, -0.2) is 0 Å². The van der Waals surface area contributed by atoms with Crippen molar-refractivity contribution in [2.45, 2.75) is 59.2 Å². The van der Waals surface area contributed by atoms with Crippen molar-refractivity contribution in [2.24, 2.45) is 0 Å².